The van der Waals surface area contributed by atoms with Gasteiger partial charge in [0.15, 0.2) is 5.78 Å². The molecule has 1 aromatic rings. The fourth-order valence-electron chi connectivity index (χ4n) is 2.76. The third-order valence-electron chi connectivity index (χ3n) is 3.78. The van der Waals surface area contributed by atoms with Crippen molar-refractivity contribution in [3.63, 3.8) is 0 Å². The highest BCUT2D eigenvalue weighted by atomic mass is 35.5. The number of Topliss-reactive ketones (excluding diaryl/α,β-unsaturated/α-hetero) is 1. The van der Waals surface area contributed by atoms with Crippen molar-refractivity contribution in [2.75, 3.05) is 13.1 Å². The van der Waals surface area contributed by atoms with Gasteiger partial charge in [0.05, 0.1) is 18.1 Å². The lowest BCUT2D eigenvalue weighted by Crippen LogP contribution is -2.43. The summed E-state index contributed by atoms with van der Waals surface area (Å²) in [5.74, 6) is -0.567. The largest absolute Gasteiger partial charge is 0.369 e. The Morgan fingerprint density at radius 2 is 1.86 bits per heavy atom. The van der Waals surface area contributed by atoms with E-state index in [1.807, 2.05) is 4.90 Å². The number of carbonyl (C=O) groups excluding carboxylic acids is 2. The molecule has 1 aliphatic carbocycles. The van der Waals surface area contributed by atoms with E-state index < -0.39 is 5.91 Å². The smallest absolute Gasteiger partial charge is 0.231 e. The maximum Gasteiger partial charge on any atom is 0.231 e. The second kappa shape index (κ2) is 7.25. The van der Waals surface area contributed by atoms with E-state index in [1.165, 1.54) is 0 Å². The van der Waals surface area contributed by atoms with Gasteiger partial charge in [0.2, 0.25) is 5.91 Å². The lowest BCUT2D eigenvalue weighted by molar-refractivity contribution is -0.119. The van der Waals surface area contributed by atoms with Gasteiger partial charge >= 0.3 is 0 Å². The number of carbonyl (C=O) groups is 2. The van der Waals surface area contributed by atoms with Crippen LogP contribution in [0.15, 0.2) is 18.2 Å². The second-order valence-corrected chi connectivity index (χ2v) is 6.20. The van der Waals surface area contributed by atoms with Gasteiger partial charge < -0.3 is 5.73 Å². The van der Waals surface area contributed by atoms with Crippen molar-refractivity contribution < 1.29 is 9.59 Å². The van der Waals surface area contributed by atoms with Gasteiger partial charge in [-0.1, -0.05) is 36.0 Å². The number of primary amides is 1. The van der Waals surface area contributed by atoms with E-state index in [4.69, 9.17) is 28.9 Å². The first-order chi connectivity index (χ1) is 9.97. The highest BCUT2D eigenvalue weighted by Crippen LogP contribution is 2.25. The Morgan fingerprint density at radius 3 is 2.48 bits per heavy atom. The van der Waals surface area contributed by atoms with Crippen LogP contribution < -0.4 is 5.73 Å². The van der Waals surface area contributed by atoms with Gasteiger partial charge in [-0.2, -0.15) is 0 Å². The summed E-state index contributed by atoms with van der Waals surface area (Å²) in [5.41, 5.74) is 5.68. The summed E-state index contributed by atoms with van der Waals surface area (Å²) >= 11 is 12.0. The molecule has 0 saturated heterocycles. The van der Waals surface area contributed by atoms with Crippen molar-refractivity contribution in [1.29, 1.82) is 0 Å². The molecular formula is C15H18Cl2N2O2. The Hall–Kier alpha value is -1.10. The first-order valence-corrected chi connectivity index (χ1v) is 7.73. The quantitative estimate of drug-likeness (QED) is 0.816. The Balaban J connectivity index is 2.13. The molecule has 0 spiro atoms. The molecule has 0 aromatic heterocycles. The van der Waals surface area contributed by atoms with E-state index in [-0.39, 0.29) is 24.9 Å². The third-order valence-corrected chi connectivity index (χ3v) is 4.34. The predicted octanol–water partition coefficient (Wildman–Crippen LogP) is 2.91. The summed E-state index contributed by atoms with van der Waals surface area (Å²) in [6.07, 6.45) is 4.21. The van der Waals surface area contributed by atoms with Crippen LogP contribution in [0.25, 0.3) is 0 Å². The van der Waals surface area contributed by atoms with Gasteiger partial charge in [-0.05, 0) is 31.0 Å². The summed E-state index contributed by atoms with van der Waals surface area (Å²) in [6, 6.07) is 5.03. The van der Waals surface area contributed by atoms with Gasteiger partial charge in [-0.25, -0.2) is 0 Å². The zero-order valence-corrected chi connectivity index (χ0v) is 13.2. The van der Waals surface area contributed by atoms with E-state index in [9.17, 15) is 9.59 Å². The molecule has 1 aliphatic rings. The average molecular weight is 329 g/mol. The van der Waals surface area contributed by atoms with E-state index in [0.717, 1.165) is 25.7 Å². The van der Waals surface area contributed by atoms with Crippen LogP contribution in [0.5, 0.6) is 0 Å². The van der Waals surface area contributed by atoms with Crippen LogP contribution in [0.3, 0.4) is 0 Å². The zero-order valence-electron chi connectivity index (χ0n) is 11.6. The van der Waals surface area contributed by atoms with E-state index >= 15 is 0 Å². The first-order valence-electron chi connectivity index (χ1n) is 6.98. The Morgan fingerprint density at radius 1 is 1.19 bits per heavy atom. The topological polar surface area (TPSA) is 63.4 Å². The second-order valence-electron chi connectivity index (χ2n) is 5.36. The predicted molar refractivity (Wildman–Crippen MR) is 83.8 cm³/mol. The molecule has 0 aliphatic heterocycles. The van der Waals surface area contributed by atoms with Crippen molar-refractivity contribution in [1.82, 2.24) is 4.90 Å². The highest BCUT2D eigenvalue weighted by Gasteiger charge is 2.26. The number of nitrogens with zero attached hydrogens (tertiary/aromatic N) is 1. The van der Waals surface area contributed by atoms with Crippen molar-refractivity contribution >= 4 is 34.9 Å². The van der Waals surface area contributed by atoms with Crippen LogP contribution in [0.4, 0.5) is 0 Å². The van der Waals surface area contributed by atoms with Crippen molar-refractivity contribution in [2.24, 2.45) is 5.73 Å². The molecule has 0 heterocycles. The molecule has 1 saturated carbocycles. The molecule has 4 nitrogen and oxygen atoms in total. The van der Waals surface area contributed by atoms with Crippen LogP contribution >= 0.6 is 23.2 Å². The number of halogens is 2. The molecule has 6 heteroatoms. The standard InChI is InChI=1S/C15H18Cl2N2O2/c16-10-5-6-13(17)12(7-10)14(20)8-19(9-15(18)21)11-3-1-2-4-11/h5-7,11H,1-4,8-9H2,(H2,18,21). The lowest BCUT2D eigenvalue weighted by atomic mass is 10.1. The van der Waals surface area contributed by atoms with E-state index in [2.05, 4.69) is 0 Å². The van der Waals surface area contributed by atoms with Crippen LogP contribution in [-0.4, -0.2) is 35.7 Å². The van der Waals surface area contributed by atoms with Crippen LogP contribution in [-0.2, 0) is 4.79 Å². The van der Waals surface area contributed by atoms with Gasteiger partial charge in [0, 0.05) is 16.6 Å². The van der Waals surface area contributed by atoms with Crippen LogP contribution in [0, 0.1) is 0 Å². The zero-order chi connectivity index (χ0) is 15.4. The molecular weight excluding hydrogens is 311 g/mol. The van der Waals surface area contributed by atoms with Crippen LogP contribution in [0.2, 0.25) is 10.0 Å². The molecule has 0 unspecified atom stereocenters. The fourth-order valence-corrected chi connectivity index (χ4v) is 3.16. The number of hydrogen-bond acceptors (Lipinski definition) is 3. The Kier molecular flexibility index (Phi) is 5.62. The van der Waals surface area contributed by atoms with Crippen LogP contribution in [0.1, 0.15) is 36.0 Å². The van der Waals surface area contributed by atoms with Gasteiger partial charge in [0.1, 0.15) is 0 Å². The van der Waals surface area contributed by atoms with Crippen molar-refractivity contribution in [3.8, 4) is 0 Å². The third kappa shape index (κ3) is 4.43. The normalized spacial score (nSPS) is 15.6. The summed E-state index contributed by atoms with van der Waals surface area (Å²) < 4.78 is 0. The number of hydrogen-bond donors (Lipinski definition) is 1. The molecule has 2 rings (SSSR count). The number of amides is 1. The summed E-state index contributed by atoms with van der Waals surface area (Å²) in [7, 11) is 0. The minimum atomic E-state index is -0.424. The number of ketones is 1. The van der Waals surface area contributed by atoms with Crippen molar-refractivity contribution in [3.05, 3.63) is 33.8 Å². The average Bonchev–Trinajstić information content (AvgIpc) is 2.94. The van der Waals surface area contributed by atoms with Gasteiger partial charge in [-0.15, -0.1) is 0 Å². The molecule has 0 radical (unpaired) electrons. The lowest BCUT2D eigenvalue weighted by Gasteiger charge is -2.26. The van der Waals surface area contributed by atoms with Crippen molar-refractivity contribution in [2.45, 2.75) is 31.7 Å². The monoisotopic (exact) mass is 328 g/mol. The number of rotatable bonds is 6. The maximum absolute atomic E-state index is 12.4. The maximum atomic E-state index is 12.4. The minimum Gasteiger partial charge on any atom is -0.369 e. The highest BCUT2D eigenvalue weighted by molar-refractivity contribution is 6.36. The molecule has 114 valence electrons. The summed E-state index contributed by atoms with van der Waals surface area (Å²) in [5, 5.41) is 0.833. The molecule has 21 heavy (non-hydrogen) atoms. The summed E-state index contributed by atoms with van der Waals surface area (Å²) in [4.78, 5) is 25.5. The van der Waals surface area contributed by atoms with E-state index in [1.54, 1.807) is 18.2 Å². The molecule has 2 N–H and O–H groups in total. The molecule has 0 bridgehead atoms. The molecule has 1 amide bonds. The first kappa shape index (κ1) is 16.3. The van der Waals surface area contributed by atoms with E-state index in [0.29, 0.717) is 15.6 Å². The molecule has 0 atom stereocenters. The Bertz CT molecular complexity index is 542. The molecule has 1 aromatic carbocycles. The summed E-state index contributed by atoms with van der Waals surface area (Å²) in [6.45, 7) is 0.224. The SMILES string of the molecule is NC(=O)CN(CC(=O)c1cc(Cl)ccc1Cl)C1CCCC1. The number of benzene rings is 1. The number of nitrogens with two attached hydrogens (primary N) is 1. The fraction of sp³-hybridized carbons (Fsp3) is 0.467. The molecule has 1 fully saturated rings. The Labute approximate surface area is 134 Å². The minimum absolute atomic E-state index is 0.0919. The van der Waals surface area contributed by atoms with Gasteiger partial charge in [-0.3, -0.25) is 14.5 Å². The van der Waals surface area contributed by atoms with Gasteiger partial charge in [0.25, 0.3) is 0 Å².